The molecule has 0 aliphatic heterocycles. The lowest BCUT2D eigenvalue weighted by Crippen LogP contribution is -2.37. The maximum absolute atomic E-state index is 12.4. The molecule has 29 heavy (non-hydrogen) atoms. The van der Waals surface area contributed by atoms with Crippen molar-refractivity contribution in [2.75, 3.05) is 19.6 Å². The van der Waals surface area contributed by atoms with E-state index in [1.807, 2.05) is 4.90 Å². The summed E-state index contributed by atoms with van der Waals surface area (Å²) in [5.74, 6) is -0.129. The van der Waals surface area contributed by atoms with Gasteiger partial charge in [0.25, 0.3) is 0 Å². The summed E-state index contributed by atoms with van der Waals surface area (Å²) in [6.45, 7) is 8.78. The minimum Gasteiger partial charge on any atom is -0.356 e. The molecule has 0 aromatic rings. The van der Waals surface area contributed by atoms with E-state index in [-0.39, 0.29) is 18.2 Å². The van der Waals surface area contributed by atoms with Gasteiger partial charge in [-0.1, -0.05) is 104 Å². The molecular formula is C25H50N2O2. The fourth-order valence-electron chi connectivity index (χ4n) is 3.56. The highest BCUT2D eigenvalue weighted by Crippen LogP contribution is 2.11. The zero-order valence-corrected chi connectivity index (χ0v) is 19.9. The van der Waals surface area contributed by atoms with Gasteiger partial charge in [-0.15, -0.1) is 0 Å². The van der Waals surface area contributed by atoms with Crippen LogP contribution >= 0.6 is 0 Å². The van der Waals surface area contributed by atoms with Crippen LogP contribution in [0.2, 0.25) is 0 Å². The summed E-state index contributed by atoms with van der Waals surface area (Å²) in [5.41, 5.74) is 0. The molecule has 1 N–H and O–H groups in total. The number of hydrogen-bond acceptors (Lipinski definition) is 2. The minimum atomic E-state index is -0.115. The van der Waals surface area contributed by atoms with E-state index in [0.29, 0.717) is 6.54 Å². The lowest BCUT2D eigenvalue weighted by atomic mass is 10.1. The Morgan fingerprint density at radius 2 is 1.00 bits per heavy atom. The fourth-order valence-corrected chi connectivity index (χ4v) is 3.56. The molecule has 172 valence electrons. The molecule has 0 aromatic heterocycles. The highest BCUT2D eigenvalue weighted by atomic mass is 16.2. The van der Waals surface area contributed by atoms with Crippen LogP contribution in [0.15, 0.2) is 0 Å². The van der Waals surface area contributed by atoms with Crippen molar-refractivity contribution in [1.29, 1.82) is 0 Å². The van der Waals surface area contributed by atoms with Gasteiger partial charge in [0.05, 0.1) is 0 Å². The molecular weight excluding hydrogens is 360 g/mol. The Kier molecular flexibility index (Phi) is 20.9. The SMILES string of the molecule is CCCCCCCCCCCCCCNC(=O)CC(=O)N(CCCC)CCCC. The molecule has 0 rings (SSSR count). The fraction of sp³-hybridized carbons (Fsp3) is 0.920. The molecule has 2 amide bonds. The van der Waals surface area contributed by atoms with Crippen LogP contribution in [-0.2, 0) is 9.59 Å². The molecule has 0 radical (unpaired) electrons. The van der Waals surface area contributed by atoms with Crippen LogP contribution in [0.25, 0.3) is 0 Å². The van der Waals surface area contributed by atoms with E-state index in [1.165, 1.54) is 70.6 Å². The number of amides is 2. The van der Waals surface area contributed by atoms with Crippen molar-refractivity contribution in [1.82, 2.24) is 10.2 Å². The molecule has 4 heteroatoms. The molecule has 0 fully saturated rings. The summed E-state index contributed by atoms with van der Waals surface area (Å²) in [5, 5.41) is 2.93. The quantitative estimate of drug-likeness (QED) is 0.171. The Morgan fingerprint density at radius 3 is 1.45 bits per heavy atom. The maximum Gasteiger partial charge on any atom is 0.232 e. The Balaban J connectivity index is 3.61. The molecule has 0 saturated heterocycles. The number of carbonyl (C=O) groups excluding carboxylic acids is 2. The van der Waals surface area contributed by atoms with Gasteiger partial charge in [0.1, 0.15) is 6.42 Å². The standard InChI is InChI=1S/C25H50N2O2/c1-4-7-10-11-12-13-14-15-16-17-18-19-20-26-24(28)23-25(29)27(21-8-5-2)22-9-6-3/h4-23H2,1-3H3,(H,26,28). The zero-order valence-electron chi connectivity index (χ0n) is 19.9. The van der Waals surface area contributed by atoms with Crippen molar-refractivity contribution in [3.8, 4) is 0 Å². The van der Waals surface area contributed by atoms with Gasteiger partial charge < -0.3 is 10.2 Å². The number of nitrogens with one attached hydrogen (secondary N) is 1. The molecule has 0 heterocycles. The largest absolute Gasteiger partial charge is 0.356 e. The van der Waals surface area contributed by atoms with Gasteiger partial charge in [-0.3, -0.25) is 9.59 Å². The number of rotatable bonds is 21. The Bertz CT molecular complexity index is 377. The van der Waals surface area contributed by atoms with Crippen molar-refractivity contribution >= 4 is 11.8 Å². The highest BCUT2D eigenvalue weighted by Gasteiger charge is 2.16. The summed E-state index contributed by atoms with van der Waals surface area (Å²) in [6, 6.07) is 0. The van der Waals surface area contributed by atoms with Gasteiger partial charge in [-0.25, -0.2) is 0 Å². The van der Waals surface area contributed by atoms with Crippen LogP contribution in [0.5, 0.6) is 0 Å². The molecule has 0 spiro atoms. The summed E-state index contributed by atoms with van der Waals surface area (Å²) in [7, 11) is 0. The third kappa shape index (κ3) is 18.7. The van der Waals surface area contributed by atoms with E-state index in [4.69, 9.17) is 0 Å². The first-order valence-electron chi connectivity index (χ1n) is 12.7. The molecule has 0 aliphatic rings. The molecule has 4 nitrogen and oxygen atoms in total. The third-order valence-corrected chi connectivity index (χ3v) is 5.58. The van der Waals surface area contributed by atoms with Crippen LogP contribution in [0, 0.1) is 0 Å². The molecule has 0 unspecified atom stereocenters. The van der Waals surface area contributed by atoms with E-state index in [0.717, 1.165) is 45.2 Å². The van der Waals surface area contributed by atoms with Gasteiger partial charge in [-0.05, 0) is 19.3 Å². The lowest BCUT2D eigenvalue weighted by molar-refractivity contribution is -0.136. The summed E-state index contributed by atoms with van der Waals surface area (Å²) in [4.78, 5) is 26.3. The van der Waals surface area contributed by atoms with Crippen LogP contribution < -0.4 is 5.32 Å². The van der Waals surface area contributed by atoms with Crippen LogP contribution in [0.3, 0.4) is 0 Å². The van der Waals surface area contributed by atoms with Gasteiger partial charge in [0, 0.05) is 19.6 Å². The van der Waals surface area contributed by atoms with Crippen molar-refractivity contribution < 1.29 is 9.59 Å². The predicted octanol–water partition coefficient (Wildman–Crippen LogP) is 6.62. The van der Waals surface area contributed by atoms with E-state index in [9.17, 15) is 9.59 Å². The van der Waals surface area contributed by atoms with Gasteiger partial charge >= 0.3 is 0 Å². The topological polar surface area (TPSA) is 49.4 Å². The van der Waals surface area contributed by atoms with E-state index in [2.05, 4.69) is 26.1 Å². The summed E-state index contributed by atoms with van der Waals surface area (Å²) < 4.78 is 0. The first-order chi connectivity index (χ1) is 14.2. The second-order valence-corrected chi connectivity index (χ2v) is 8.50. The zero-order chi connectivity index (χ0) is 21.6. The van der Waals surface area contributed by atoms with E-state index < -0.39 is 0 Å². The monoisotopic (exact) mass is 410 g/mol. The molecule has 0 aliphatic carbocycles. The normalized spacial score (nSPS) is 10.9. The number of nitrogens with zero attached hydrogens (tertiary/aromatic N) is 1. The average molecular weight is 411 g/mol. The van der Waals surface area contributed by atoms with Gasteiger partial charge in [-0.2, -0.15) is 0 Å². The first-order valence-corrected chi connectivity index (χ1v) is 12.7. The molecule has 0 bridgehead atoms. The first kappa shape index (κ1) is 27.9. The molecule has 0 atom stereocenters. The van der Waals surface area contributed by atoms with Crippen molar-refractivity contribution in [2.45, 2.75) is 130 Å². The average Bonchev–Trinajstić information content (AvgIpc) is 2.71. The Labute approximate surface area is 181 Å². The summed E-state index contributed by atoms with van der Waals surface area (Å²) in [6.07, 6.45) is 20.0. The van der Waals surface area contributed by atoms with Crippen LogP contribution in [0.4, 0.5) is 0 Å². The van der Waals surface area contributed by atoms with Gasteiger partial charge in [0.2, 0.25) is 11.8 Å². The number of carbonyl (C=O) groups is 2. The van der Waals surface area contributed by atoms with Crippen LogP contribution in [0.1, 0.15) is 130 Å². The van der Waals surface area contributed by atoms with Crippen molar-refractivity contribution in [3.05, 3.63) is 0 Å². The van der Waals surface area contributed by atoms with Gasteiger partial charge in [0.15, 0.2) is 0 Å². The number of unbranched alkanes of at least 4 members (excludes halogenated alkanes) is 13. The smallest absolute Gasteiger partial charge is 0.232 e. The molecule has 0 saturated carbocycles. The molecule has 0 aromatic carbocycles. The minimum absolute atomic E-state index is 0.00564. The predicted molar refractivity (Wildman–Crippen MR) is 125 cm³/mol. The second-order valence-electron chi connectivity index (χ2n) is 8.50. The highest BCUT2D eigenvalue weighted by molar-refractivity contribution is 5.96. The van der Waals surface area contributed by atoms with Crippen molar-refractivity contribution in [3.63, 3.8) is 0 Å². The van der Waals surface area contributed by atoms with Crippen LogP contribution in [-0.4, -0.2) is 36.3 Å². The maximum atomic E-state index is 12.4. The van der Waals surface area contributed by atoms with Crippen molar-refractivity contribution in [2.24, 2.45) is 0 Å². The number of hydrogen-bond donors (Lipinski definition) is 1. The van der Waals surface area contributed by atoms with E-state index in [1.54, 1.807) is 0 Å². The Morgan fingerprint density at radius 1 is 0.586 bits per heavy atom. The van der Waals surface area contributed by atoms with E-state index >= 15 is 0 Å². The third-order valence-electron chi connectivity index (χ3n) is 5.58. The Hall–Kier alpha value is -1.06. The summed E-state index contributed by atoms with van der Waals surface area (Å²) >= 11 is 0. The second kappa shape index (κ2) is 21.6. The lowest BCUT2D eigenvalue weighted by Gasteiger charge is -2.22.